The number of amides is 1. The molecule has 0 saturated heterocycles. The van der Waals surface area contributed by atoms with Gasteiger partial charge in [-0.3, -0.25) is 9.36 Å². The SMILES string of the molecule is COC(=O)c1ccc2c(c1)oc(=O)n2C(C)C(=O)Nc1ccc(OC)cc1. The Labute approximate surface area is 154 Å². The van der Waals surface area contributed by atoms with Gasteiger partial charge in [-0.2, -0.15) is 0 Å². The number of hydrogen-bond donors (Lipinski definition) is 1. The van der Waals surface area contributed by atoms with Crippen molar-refractivity contribution >= 4 is 28.7 Å². The molecule has 1 amide bonds. The lowest BCUT2D eigenvalue weighted by atomic mass is 10.2. The van der Waals surface area contributed by atoms with Crippen molar-refractivity contribution in [2.45, 2.75) is 13.0 Å². The van der Waals surface area contributed by atoms with Crippen LogP contribution in [0.4, 0.5) is 5.69 Å². The quantitative estimate of drug-likeness (QED) is 0.693. The number of rotatable bonds is 5. The molecule has 0 saturated carbocycles. The Kier molecular flexibility index (Phi) is 4.98. The molecule has 1 unspecified atom stereocenters. The van der Waals surface area contributed by atoms with E-state index in [1.165, 1.54) is 23.8 Å². The fourth-order valence-electron chi connectivity index (χ4n) is 2.69. The second-order valence-corrected chi connectivity index (χ2v) is 5.81. The normalized spacial score (nSPS) is 11.8. The zero-order chi connectivity index (χ0) is 19.6. The van der Waals surface area contributed by atoms with Gasteiger partial charge in [0.1, 0.15) is 11.8 Å². The number of ether oxygens (including phenoxy) is 2. The van der Waals surface area contributed by atoms with Gasteiger partial charge in [-0.1, -0.05) is 0 Å². The van der Waals surface area contributed by atoms with E-state index in [0.717, 1.165) is 0 Å². The number of fused-ring (bicyclic) bond motifs is 1. The molecule has 8 heteroatoms. The second-order valence-electron chi connectivity index (χ2n) is 5.81. The smallest absolute Gasteiger partial charge is 0.420 e. The van der Waals surface area contributed by atoms with Gasteiger partial charge in [0.2, 0.25) is 5.91 Å². The van der Waals surface area contributed by atoms with E-state index in [4.69, 9.17) is 9.15 Å². The first-order valence-corrected chi connectivity index (χ1v) is 8.13. The average molecular weight is 370 g/mol. The number of methoxy groups -OCH3 is 2. The van der Waals surface area contributed by atoms with Crippen LogP contribution in [0.3, 0.4) is 0 Å². The summed E-state index contributed by atoms with van der Waals surface area (Å²) >= 11 is 0. The Morgan fingerprint density at radius 3 is 2.44 bits per heavy atom. The molecule has 3 rings (SSSR count). The van der Waals surface area contributed by atoms with Crippen LogP contribution in [0.5, 0.6) is 5.75 Å². The first kappa shape index (κ1) is 18.2. The fraction of sp³-hybridized carbons (Fsp3) is 0.211. The van der Waals surface area contributed by atoms with Crippen LogP contribution >= 0.6 is 0 Å². The molecule has 27 heavy (non-hydrogen) atoms. The van der Waals surface area contributed by atoms with Crippen molar-refractivity contribution in [3.05, 3.63) is 58.6 Å². The minimum absolute atomic E-state index is 0.201. The van der Waals surface area contributed by atoms with E-state index in [-0.39, 0.29) is 17.1 Å². The van der Waals surface area contributed by atoms with Crippen LogP contribution in [0.1, 0.15) is 23.3 Å². The highest BCUT2D eigenvalue weighted by atomic mass is 16.5. The monoisotopic (exact) mass is 370 g/mol. The van der Waals surface area contributed by atoms with Gasteiger partial charge in [-0.15, -0.1) is 0 Å². The maximum Gasteiger partial charge on any atom is 0.420 e. The van der Waals surface area contributed by atoms with Crippen LogP contribution in [-0.4, -0.2) is 30.7 Å². The van der Waals surface area contributed by atoms with Crippen molar-refractivity contribution in [1.82, 2.24) is 4.57 Å². The number of carbonyl (C=O) groups excluding carboxylic acids is 2. The summed E-state index contributed by atoms with van der Waals surface area (Å²) in [5, 5.41) is 2.74. The summed E-state index contributed by atoms with van der Waals surface area (Å²) in [6, 6.07) is 10.5. The van der Waals surface area contributed by atoms with Crippen LogP contribution in [0.25, 0.3) is 11.1 Å². The number of nitrogens with one attached hydrogen (secondary N) is 1. The van der Waals surface area contributed by atoms with Gasteiger partial charge in [-0.25, -0.2) is 9.59 Å². The molecule has 1 heterocycles. The van der Waals surface area contributed by atoms with E-state index in [0.29, 0.717) is 17.0 Å². The Morgan fingerprint density at radius 2 is 1.81 bits per heavy atom. The number of esters is 1. The lowest BCUT2D eigenvalue weighted by Gasteiger charge is -2.13. The molecule has 0 spiro atoms. The molecule has 8 nitrogen and oxygen atoms in total. The Morgan fingerprint density at radius 1 is 1.11 bits per heavy atom. The topological polar surface area (TPSA) is 99.8 Å². The third kappa shape index (κ3) is 3.55. The molecular weight excluding hydrogens is 352 g/mol. The molecule has 0 aliphatic heterocycles. The number of oxazole rings is 1. The lowest BCUT2D eigenvalue weighted by Crippen LogP contribution is -2.29. The third-order valence-electron chi connectivity index (χ3n) is 4.16. The highest BCUT2D eigenvalue weighted by Crippen LogP contribution is 2.21. The van der Waals surface area contributed by atoms with Gasteiger partial charge in [-0.05, 0) is 49.4 Å². The van der Waals surface area contributed by atoms with Crippen molar-refractivity contribution in [3.8, 4) is 5.75 Å². The molecule has 1 aromatic heterocycles. The number of nitrogens with zero attached hydrogens (tertiary/aromatic N) is 1. The van der Waals surface area contributed by atoms with Crippen LogP contribution < -0.4 is 15.8 Å². The lowest BCUT2D eigenvalue weighted by molar-refractivity contribution is -0.118. The fourth-order valence-corrected chi connectivity index (χ4v) is 2.69. The zero-order valence-electron chi connectivity index (χ0n) is 15.0. The van der Waals surface area contributed by atoms with E-state index in [9.17, 15) is 14.4 Å². The summed E-state index contributed by atoms with van der Waals surface area (Å²) in [5.74, 6) is -0.955. The van der Waals surface area contributed by atoms with E-state index in [1.807, 2.05) is 0 Å². The molecule has 0 aliphatic carbocycles. The zero-order valence-corrected chi connectivity index (χ0v) is 15.0. The van der Waals surface area contributed by atoms with Crippen LogP contribution in [0.2, 0.25) is 0 Å². The Hall–Kier alpha value is -3.55. The molecular formula is C19H18N2O6. The van der Waals surface area contributed by atoms with Crippen molar-refractivity contribution < 1.29 is 23.5 Å². The summed E-state index contributed by atoms with van der Waals surface area (Å²) in [6.07, 6.45) is 0. The van der Waals surface area contributed by atoms with Gasteiger partial charge in [0.15, 0.2) is 5.58 Å². The van der Waals surface area contributed by atoms with Crippen molar-refractivity contribution in [3.63, 3.8) is 0 Å². The molecule has 0 bridgehead atoms. The van der Waals surface area contributed by atoms with E-state index in [2.05, 4.69) is 10.1 Å². The van der Waals surface area contributed by atoms with Crippen molar-refractivity contribution in [2.24, 2.45) is 0 Å². The van der Waals surface area contributed by atoms with Crippen LogP contribution in [-0.2, 0) is 9.53 Å². The Balaban J connectivity index is 1.88. The summed E-state index contributed by atoms with van der Waals surface area (Å²) in [7, 11) is 2.82. The standard InChI is InChI=1S/C19H18N2O6/c1-11(17(22)20-13-5-7-14(25-2)8-6-13)21-15-9-4-12(18(23)26-3)10-16(15)27-19(21)24/h4-11H,1-3H3,(H,20,22). The van der Waals surface area contributed by atoms with Crippen molar-refractivity contribution in [2.75, 3.05) is 19.5 Å². The average Bonchev–Trinajstić information content (AvgIpc) is 3.02. The minimum atomic E-state index is -0.829. The second kappa shape index (κ2) is 7.36. The van der Waals surface area contributed by atoms with E-state index < -0.39 is 17.8 Å². The third-order valence-corrected chi connectivity index (χ3v) is 4.16. The maximum absolute atomic E-state index is 12.6. The number of carbonyl (C=O) groups is 2. The van der Waals surface area contributed by atoms with Gasteiger partial charge in [0.25, 0.3) is 0 Å². The largest absolute Gasteiger partial charge is 0.497 e. The molecule has 0 radical (unpaired) electrons. The highest BCUT2D eigenvalue weighted by molar-refractivity contribution is 5.96. The summed E-state index contributed by atoms with van der Waals surface area (Å²) in [6.45, 7) is 1.59. The molecule has 2 aromatic carbocycles. The molecule has 1 N–H and O–H groups in total. The molecule has 0 aliphatic rings. The van der Waals surface area contributed by atoms with E-state index in [1.54, 1.807) is 44.4 Å². The summed E-state index contributed by atoms with van der Waals surface area (Å²) in [5.41, 5.74) is 1.43. The highest BCUT2D eigenvalue weighted by Gasteiger charge is 2.22. The van der Waals surface area contributed by atoms with Gasteiger partial charge in [0.05, 0.1) is 25.3 Å². The Bertz CT molecular complexity index is 1050. The number of hydrogen-bond acceptors (Lipinski definition) is 6. The number of benzene rings is 2. The summed E-state index contributed by atoms with van der Waals surface area (Å²) < 4.78 is 16.1. The maximum atomic E-state index is 12.6. The summed E-state index contributed by atoms with van der Waals surface area (Å²) in [4.78, 5) is 36.4. The number of aromatic nitrogens is 1. The van der Waals surface area contributed by atoms with Gasteiger partial charge in [0, 0.05) is 5.69 Å². The predicted octanol–water partition coefficient (Wildman–Crippen LogP) is 2.59. The number of anilines is 1. The first-order chi connectivity index (χ1) is 12.9. The van der Waals surface area contributed by atoms with Gasteiger partial charge >= 0.3 is 11.7 Å². The first-order valence-electron chi connectivity index (χ1n) is 8.13. The molecule has 1 atom stereocenters. The molecule has 0 fully saturated rings. The molecule has 3 aromatic rings. The van der Waals surface area contributed by atoms with Gasteiger partial charge < -0.3 is 19.2 Å². The predicted molar refractivity (Wildman–Crippen MR) is 98.1 cm³/mol. The van der Waals surface area contributed by atoms with Crippen molar-refractivity contribution in [1.29, 1.82) is 0 Å². The van der Waals surface area contributed by atoms with E-state index >= 15 is 0 Å². The minimum Gasteiger partial charge on any atom is -0.497 e. The van der Waals surface area contributed by atoms with Crippen LogP contribution in [0.15, 0.2) is 51.7 Å². The van der Waals surface area contributed by atoms with Crippen LogP contribution in [0, 0.1) is 0 Å². The molecule has 140 valence electrons.